The number of hydrazine groups is 1. The number of ether oxygens (including phenoxy) is 3. The lowest BCUT2D eigenvalue weighted by molar-refractivity contribution is -0.139. The van der Waals surface area contributed by atoms with Crippen LogP contribution in [-0.2, 0) is 16.0 Å². The molecule has 2 N–H and O–H groups in total. The molecule has 3 rings (SSSR count). The fourth-order valence-electron chi connectivity index (χ4n) is 3.80. The molecule has 4 amide bonds. The van der Waals surface area contributed by atoms with E-state index in [0.29, 0.717) is 35.7 Å². The molecule has 1 aliphatic heterocycles. The number of benzene rings is 1. The highest BCUT2D eigenvalue weighted by atomic mass is 16.5. The molecule has 0 radical (unpaired) electrons. The zero-order valence-corrected chi connectivity index (χ0v) is 16.3. The van der Waals surface area contributed by atoms with Crippen LogP contribution in [0.5, 0.6) is 17.2 Å². The maximum absolute atomic E-state index is 12.7. The van der Waals surface area contributed by atoms with Gasteiger partial charge in [0.15, 0.2) is 11.5 Å². The lowest BCUT2D eigenvalue weighted by Crippen LogP contribution is -2.51. The van der Waals surface area contributed by atoms with E-state index in [1.807, 2.05) is 0 Å². The predicted molar refractivity (Wildman–Crippen MR) is 99.1 cm³/mol. The van der Waals surface area contributed by atoms with E-state index in [1.165, 1.54) is 21.3 Å². The monoisotopic (exact) mass is 391 g/mol. The summed E-state index contributed by atoms with van der Waals surface area (Å²) in [4.78, 5) is 37.5. The standard InChI is InChI=1S/C19H25N3O6/c1-26-13-9-12(10-14(27-2)16(13)28-3)11-15(23)21-22-17(24)19(20-18(22)25)7-5-4-6-8-19/h9-10H,4-8,11H2,1-3H3,(H,20,25)(H,21,23). The van der Waals surface area contributed by atoms with Gasteiger partial charge in [0.25, 0.3) is 5.91 Å². The normalized spacial score (nSPS) is 18.0. The number of nitrogens with one attached hydrogen (secondary N) is 2. The number of rotatable bonds is 6. The van der Waals surface area contributed by atoms with Crippen LogP contribution >= 0.6 is 0 Å². The average molecular weight is 391 g/mol. The van der Waals surface area contributed by atoms with Crippen LogP contribution in [-0.4, -0.2) is 49.7 Å². The number of urea groups is 1. The first kappa shape index (κ1) is 19.8. The largest absolute Gasteiger partial charge is 0.493 e. The van der Waals surface area contributed by atoms with Gasteiger partial charge in [0, 0.05) is 0 Å². The summed E-state index contributed by atoms with van der Waals surface area (Å²) >= 11 is 0. The van der Waals surface area contributed by atoms with Gasteiger partial charge < -0.3 is 19.5 Å². The molecule has 2 aliphatic rings. The molecular weight excluding hydrogens is 366 g/mol. The zero-order chi connectivity index (χ0) is 20.3. The summed E-state index contributed by atoms with van der Waals surface area (Å²) in [6.45, 7) is 0. The smallest absolute Gasteiger partial charge is 0.344 e. The Kier molecular flexibility index (Phi) is 5.62. The molecule has 1 spiro atoms. The lowest BCUT2D eigenvalue weighted by Gasteiger charge is -2.30. The Morgan fingerprint density at radius 1 is 1.07 bits per heavy atom. The Balaban J connectivity index is 1.72. The van der Waals surface area contributed by atoms with E-state index >= 15 is 0 Å². The average Bonchev–Trinajstić information content (AvgIpc) is 2.91. The van der Waals surface area contributed by atoms with E-state index in [-0.39, 0.29) is 6.42 Å². The minimum absolute atomic E-state index is 0.0687. The number of amides is 4. The summed E-state index contributed by atoms with van der Waals surface area (Å²) in [5, 5.41) is 3.55. The van der Waals surface area contributed by atoms with Crippen molar-refractivity contribution < 1.29 is 28.6 Å². The van der Waals surface area contributed by atoms with Crippen molar-refractivity contribution in [3.63, 3.8) is 0 Å². The SMILES string of the molecule is COc1cc(CC(=O)NN2C(=O)NC3(CCCCC3)C2=O)cc(OC)c1OC. The summed E-state index contributed by atoms with van der Waals surface area (Å²) in [5.41, 5.74) is 2.13. The van der Waals surface area contributed by atoms with Crippen molar-refractivity contribution in [2.24, 2.45) is 0 Å². The molecular formula is C19H25N3O6. The van der Waals surface area contributed by atoms with Crippen molar-refractivity contribution in [3.8, 4) is 17.2 Å². The van der Waals surface area contributed by atoms with Gasteiger partial charge in [-0.2, -0.15) is 5.01 Å². The molecule has 28 heavy (non-hydrogen) atoms. The van der Waals surface area contributed by atoms with Crippen LogP contribution in [0.1, 0.15) is 37.7 Å². The fraction of sp³-hybridized carbons (Fsp3) is 0.526. The van der Waals surface area contributed by atoms with E-state index in [4.69, 9.17) is 14.2 Å². The summed E-state index contributed by atoms with van der Waals surface area (Å²) in [5.74, 6) is 0.366. The number of methoxy groups -OCH3 is 3. The Labute approximate surface area is 163 Å². The Morgan fingerprint density at radius 2 is 1.68 bits per heavy atom. The highest BCUT2D eigenvalue weighted by molar-refractivity contribution is 6.08. The molecule has 1 saturated heterocycles. The van der Waals surface area contributed by atoms with E-state index in [9.17, 15) is 14.4 Å². The molecule has 1 saturated carbocycles. The van der Waals surface area contributed by atoms with Crippen LogP contribution < -0.4 is 25.0 Å². The quantitative estimate of drug-likeness (QED) is 0.713. The van der Waals surface area contributed by atoms with Gasteiger partial charge in [-0.3, -0.25) is 15.0 Å². The minimum Gasteiger partial charge on any atom is -0.493 e. The molecule has 2 fully saturated rings. The van der Waals surface area contributed by atoms with Gasteiger partial charge in [0.2, 0.25) is 11.7 Å². The second-order valence-electron chi connectivity index (χ2n) is 6.96. The molecule has 0 atom stereocenters. The van der Waals surface area contributed by atoms with Crippen molar-refractivity contribution >= 4 is 17.8 Å². The fourth-order valence-corrected chi connectivity index (χ4v) is 3.80. The topological polar surface area (TPSA) is 106 Å². The summed E-state index contributed by atoms with van der Waals surface area (Å²) < 4.78 is 15.8. The van der Waals surface area contributed by atoms with Crippen molar-refractivity contribution in [1.82, 2.24) is 15.8 Å². The second-order valence-corrected chi connectivity index (χ2v) is 6.96. The number of carbonyl (C=O) groups excluding carboxylic acids is 3. The van der Waals surface area contributed by atoms with Gasteiger partial charge in [-0.15, -0.1) is 0 Å². The number of imide groups is 1. The zero-order valence-electron chi connectivity index (χ0n) is 16.3. The first-order valence-corrected chi connectivity index (χ1v) is 9.19. The van der Waals surface area contributed by atoms with Crippen LogP contribution in [0.4, 0.5) is 4.79 Å². The summed E-state index contributed by atoms with van der Waals surface area (Å²) in [6, 6.07) is 2.70. The minimum atomic E-state index is -0.880. The Hall–Kier alpha value is -2.97. The van der Waals surface area contributed by atoms with E-state index in [0.717, 1.165) is 24.3 Å². The van der Waals surface area contributed by atoms with Crippen LogP contribution in [0.15, 0.2) is 12.1 Å². The van der Waals surface area contributed by atoms with Gasteiger partial charge in [-0.1, -0.05) is 19.3 Å². The third kappa shape index (κ3) is 3.56. The second kappa shape index (κ2) is 7.95. The van der Waals surface area contributed by atoms with Crippen molar-refractivity contribution in [2.45, 2.75) is 44.1 Å². The molecule has 1 aromatic carbocycles. The van der Waals surface area contributed by atoms with Gasteiger partial charge in [0.1, 0.15) is 5.54 Å². The number of hydrogen-bond donors (Lipinski definition) is 2. The van der Waals surface area contributed by atoms with Crippen molar-refractivity contribution in [1.29, 1.82) is 0 Å². The van der Waals surface area contributed by atoms with Gasteiger partial charge >= 0.3 is 6.03 Å². The van der Waals surface area contributed by atoms with E-state index in [1.54, 1.807) is 12.1 Å². The lowest BCUT2D eigenvalue weighted by atomic mass is 9.82. The summed E-state index contributed by atoms with van der Waals surface area (Å²) in [7, 11) is 4.46. The molecule has 152 valence electrons. The molecule has 1 aliphatic carbocycles. The Morgan fingerprint density at radius 3 is 2.21 bits per heavy atom. The molecule has 9 nitrogen and oxygen atoms in total. The Bertz CT molecular complexity index is 763. The number of nitrogens with zero attached hydrogens (tertiary/aromatic N) is 1. The maximum Gasteiger partial charge on any atom is 0.344 e. The van der Waals surface area contributed by atoms with Gasteiger partial charge in [-0.25, -0.2) is 4.79 Å². The third-order valence-corrected chi connectivity index (χ3v) is 5.19. The number of carbonyl (C=O) groups is 3. The van der Waals surface area contributed by atoms with E-state index in [2.05, 4.69) is 10.7 Å². The predicted octanol–water partition coefficient (Wildman–Crippen LogP) is 1.54. The van der Waals surface area contributed by atoms with Crippen LogP contribution in [0.3, 0.4) is 0 Å². The molecule has 9 heteroatoms. The van der Waals surface area contributed by atoms with E-state index < -0.39 is 23.4 Å². The summed E-state index contributed by atoms with van der Waals surface area (Å²) in [6.07, 6.45) is 3.91. The molecule has 1 aromatic rings. The van der Waals surface area contributed by atoms with Crippen LogP contribution in [0, 0.1) is 0 Å². The van der Waals surface area contributed by atoms with Gasteiger partial charge in [-0.05, 0) is 30.5 Å². The van der Waals surface area contributed by atoms with Crippen molar-refractivity contribution in [2.75, 3.05) is 21.3 Å². The highest BCUT2D eigenvalue weighted by Gasteiger charge is 2.52. The maximum atomic E-state index is 12.7. The van der Waals surface area contributed by atoms with Crippen LogP contribution in [0.2, 0.25) is 0 Å². The molecule has 0 aromatic heterocycles. The molecule has 0 bridgehead atoms. The van der Waals surface area contributed by atoms with Gasteiger partial charge in [0.05, 0.1) is 27.8 Å². The first-order valence-electron chi connectivity index (χ1n) is 9.19. The van der Waals surface area contributed by atoms with Crippen molar-refractivity contribution in [3.05, 3.63) is 17.7 Å². The first-order chi connectivity index (χ1) is 13.4. The molecule has 0 unspecified atom stereocenters. The number of hydrogen-bond acceptors (Lipinski definition) is 6. The third-order valence-electron chi connectivity index (χ3n) is 5.19. The van der Waals surface area contributed by atoms with Crippen LogP contribution in [0.25, 0.3) is 0 Å². The molecule has 1 heterocycles. The highest BCUT2D eigenvalue weighted by Crippen LogP contribution is 2.38.